The molecule has 1 heterocycles. The Labute approximate surface area is 233 Å². The largest absolute Gasteiger partial charge is 0.416 e. The quantitative estimate of drug-likeness (QED) is 0.279. The van der Waals surface area contributed by atoms with Gasteiger partial charge in [0.05, 0.1) is 5.56 Å². The first kappa shape index (κ1) is 28.3. The van der Waals surface area contributed by atoms with E-state index < -0.39 is 11.7 Å². The van der Waals surface area contributed by atoms with E-state index in [2.05, 4.69) is 24.0 Å². The number of hydrogen-bond donors (Lipinski definition) is 0. The van der Waals surface area contributed by atoms with E-state index in [0.717, 1.165) is 38.2 Å². The van der Waals surface area contributed by atoms with Crippen molar-refractivity contribution in [3.8, 4) is 0 Å². The Morgan fingerprint density at radius 1 is 0.925 bits per heavy atom. The van der Waals surface area contributed by atoms with Crippen molar-refractivity contribution in [1.29, 1.82) is 0 Å². The van der Waals surface area contributed by atoms with Crippen molar-refractivity contribution >= 4 is 5.91 Å². The van der Waals surface area contributed by atoms with Gasteiger partial charge in [-0.3, -0.25) is 9.69 Å². The molecule has 2 unspecified atom stereocenters. The van der Waals surface area contributed by atoms with Crippen LogP contribution in [0.15, 0.2) is 72.8 Å². The number of likely N-dealkylation sites (tertiary alicyclic amines) is 1. The van der Waals surface area contributed by atoms with Crippen molar-refractivity contribution in [2.45, 2.75) is 63.7 Å². The fourth-order valence-corrected chi connectivity index (χ4v) is 6.54. The monoisotopic (exact) mass is 552 g/mol. The van der Waals surface area contributed by atoms with Crippen molar-refractivity contribution in [1.82, 2.24) is 9.80 Å². The average Bonchev–Trinajstić information content (AvgIpc) is 3.34. The highest BCUT2D eigenvalue weighted by Gasteiger charge is 2.38. The van der Waals surface area contributed by atoms with Crippen LogP contribution in [0.25, 0.3) is 0 Å². The van der Waals surface area contributed by atoms with Crippen LogP contribution >= 0.6 is 0 Å². The zero-order valence-electron chi connectivity index (χ0n) is 22.8. The van der Waals surface area contributed by atoms with Gasteiger partial charge in [-0.15, -0.1) is 0 Å². The molecule has 7 heteroatoms. The van der Waals surface area contributed by atoms with E-state index in [1.807, 2.05) is 17.0 Å². The molecule has 1 amide bonds. The zero-order chi connectivity index (χ0) is 28.3. The van der Waals surface area contributed by atoms with Gasteiger partial charge in [-0.2, -0.15) is 13.2 Å². The Hall–Kier alpha value is -3.19. The lowest BCUT2D eigenvalue weighted by molar-refractivity contribution is -0.137. The molecule has 212 valence electrons. The van der Waals surface area contributed by atoms with Crippen LogP contribution in [-0.2, 0) is 12.7 Å². The van der Waals surface area contributed by atoms with Crippen LogP contribution in [0.1, 0.15) is 70.6 Å². The Morgan fingerprint density at radius 2 is 1.65 bits per heavy atom. The summed E-state index contributed by atoms with van der Waals surface area (Å²) in [7, 11) is 0. The Morgan fingerprint density at radius 3 is 2.35 bits per heavy atom. The minimum atomic E-state index is -4.38. The number of alkyl halides is 3. The van der Waals surface area contributed by atoms with Crippen LogP contribution in [0, 0.1) is 18.7 Å². The molecule has 5 rings (SSSR count). The summed E-state index contributed by atoms with van der Waals surface area (Å²) in [5, 5.41) is 0. The number of carbonyl (C=O) groups is 1. The maximum Gasteiger partial charge on any atom is 0.416 e. The molecule has 0 bridgehead atoms. The number of rotatable bonds is 7. The Bertz CT molecular complexity index is 1300. The van der Waals surface area contributed by atoms with Crippen LogP contribution < -0.4 is 0 Å². The molecule has 40 heavy (non-hydrogen) atoms. The average molecular weight is 553 g/mol. The van der Waals surface area contributed by atoms with Crippen LogP contribution in [-0.4, -0.2) is 41.4 Å². The molecule has 2 fully saturated rings. The van der Waals surface area contributed by atoms with Crippen molar-refractivity contribution in [2.24, 2.45) is 5.92 Å². The predicted octanol–water partition coefficient (Wildman–Crippen LogP) is 7.84. The lowest BCUT2D eigenvalue weighted by Crippen LogP contribution is -2.45. The number of hydrogen-bond acceptors (Lipinski definition) is 2. The second-order valence-electron chi connectivity index (χ2n) is 11.4. The van der Waals surface area contributed by atoms with Crippen LogP contribution in [0.4, 0.5) is 17.6 Å². The van der Waals surface area contributed by atoms with E-state index in [0.29, 0.717) is 37.3 Å². The van der Waals surface area contributed by atoms with Gasteiger partial charge in [0.15, 0.2) is 0 Å². The highest BCUT2D eigenvalue weighted by molar-refractivity contribution is 5.94. The van der Waals surface area contributed by atoms with E-state index in [1.165, 1.54) is 35.4 Å². The number of halogens is 4. The van der Waals surface area contributed by atoms with Gasteiger partial charge in [-0.25, -0.2) is 4.39 Å². The molecule has 1 aliphatic carbocycles. The summed E-state index contributed by atoms with van der Waals surface area (Å²) in [6, 6.07) is 19.7. The van der Waals surface area contributed by atoms with Gasteiger partial charge in [-0.05, 0) is 72.7 Å². The van der Waals surface area contributed by atoms with Crippen molar-refractivity contribution < 1.29 is 22.4 Å². The van der Waals surface area contributed by atoms with Crippen molar-refractivity contribution in [3.05, 3.63) is 106 Å². The van der Waals surface area contributed by atoms with E-state index in [-0.39, 0.29) is 29.6 Å². The van der Waals surface area contributed by atoms with Crippen LogP contribution in [0.2, 0.25) is 0 Å². The third-order valence-electron chi connectivity index (χ3n) is 8.56. The smallest absolute Gasteiger partial charge is 0.335 e. The molecule has 3 nitrogen and oxygen atoms in total. The second kappa shape index (κ2) is 12.1. The summed E-state index contributed by atoms with van der Waals surface area (Å²) in [6.07, 6.45) is 0.825. The van der Waals surface area contributed by atoms with Crippen LogP contribution in [0.3, 0.4) is 0 Å². The lowest BCUT2D eigenvalue weighted by atomic mass is 9.85. The normalized spacial score (nSPS) is 20.5. The van der Waals surface area contributed by atoms with Gasteiger partial charge < -0.3 is 4.90 Å². The molecule has 1 saturated carbocycles. The minimum Gasteiger partial charge on any atom is -0.335 e. The summed E-state index contributed by atoms with van der Waals surface area (Å²) >= 11 is 0. The summed E-state index contributed by atoms with van der Waals surface area (Å²) < 4.78 is 53.7. The fraction of sp³-hybridized carbons (Fsp3) is 0.424. The van der Waals surface area contributed by atoms with Gasteiger partial charge in [0.1, 0.15) is 5.82 Å². The first-order chi connectivity index (χ1) is 19.2. The molecule has 1 saturated heterocycles. The van der Waals surface area contributed by atoms with Gasteiger partial charge in [0.2, 0.25) is 0 Å². The van der Waals surface area contributed by atoms with E-state index in [9.17, 15) is 22.4 Å². The summed E-state index contributed by atoms with van der Waals surface area (Å²) in [4.78, 5) is 18.1. The summed E-state index contributed by atoms with van der Waals surface area (Å²) in [5.74, 6) is -0.203. The first-order valence-corrected chi connectivity index (χ1v) is 14.2. The fourth-order valence-electron chi connectivity index (χ4n) is 6.54. The number of amides is 1. The zero-order valence-corrected chi connectivity index (χ0v) is 22.8. The molecule has 0 spiro atoms. The van der Waals surface area contributed by atoms with Gasteiger partial charge >= 0.3 is 6.18 Å². The maximum absolute atomic E-state index is 13.8. The standard InChI is InChI=1S/C33H36F4N2O/c1-23-8-5-6-13-30(23)31-22-38(19-24-9-7-10-27(18-24)33(35,36)37)20-26(31)21-39(29-11-3-2-4-12-29)32(40)25-14-16-28(34)17-15-25/h5-10,13-18,26,29,31H,2-4,11-12,19-22H2,1H3. The second-order valence-corrected chi connectivity index (χ2v) is 11.4. The number of benzene rings is 3. The number of carbonyl (C=O) groups excluding carboxylic acids is 1. The summed E-state index contributed by atoms with van der Waals surface area (Å²) in [5.41, 5.74) is 2.87. The third-order valence-corrected chi connectivity index (χ3v) is 8.56. The minimum absolute atomic E-state index is 0.0771. The van der Waals surface area contributed by atoms with Gasteiger partial charge in [0, 0.05) is 43.7 Å². The van der Waals surface area contributed by atoms with Gasteiger partial charge in [0.25, 0.3) is 5.91 Å². The van der Waals surface area contributed by atoms with E-state index in [4.69, 9.17) is 0 Å². The predicted molar refractivity (Wildman–Crippen MR) is 148 cm³/mol. The first-order valence-electron chi connectivity index (χ1n) is 14.2. The van der Waals surface area contributed by atoms with Crippen molar-refractivity contribution in [2.75, 3.05) is 19.6 Å². The number of nitrogens with zero attached hydrogens (tertiary/aromatic N) is 2. The molecule has 2 atom stereocenters. The summed E-state index contributed by atoms with van der Waals surface area (Å²) in [6.45, 7) is 4.44. The highest BCUT2D eigenvalue weighted by atomic mass is 19.4. The molecule has 0 radical (unpaired) electrons. The molecule has 1 aliphatic heterocycles. The third kappa shape index (κ3) is 6.57. The topological polar surface area (TPSA) is 23.6 Å². The Kier molecular flexibility index (Phi) is 8.60. The lowest BCUT2D eigenvalue weighted by Gasteiger charge is -2.37. The molecule has 0 N–H and O–H groups in total. The maximum atomic E-state index is 13.8. The van der Waals surface area contributed by atoms with Gasteiger partial charge in [-0.1, -0.05) is 61.7 Å². The van der Waals surface area contributed by atoms with E-state index in [1.54, 1.807) is 18.2 Å². The van der Waals surface area contributed by atoms with E-state index >= 15 is 0 Å². The Balaban J connectivity index is 1.43. The molecular weight excluding hydrogens is 516 g/mol. The molecule has 2 aliphatic rings. The number of aryl methyl sites for hydroxylation is 1. The van der Waals surface area contributed by atoms with Crippen molar-refractivity contribution in [3.63, 3.8) is 0 Å². The molecule has 3 aromatic rings. The molecule has 0 aromatic heterocycles. The molecule has 3 aromatic carbocycles. The molecular formula is C33H36F4N2O. The van der Waals surface area contributed by atoms with Crippen LogP contribution in [0.5, 0.6) is 0 Å². The SMILES string of the molecule is Cc1ccccc1C1CN(Cc2cccc(C(F)(F)F)c2)CC1CN(C(=O)c1ccc(F)cc1)C1CCCCC1. The highest BCUT2D eigenvalue weighted by Crippen LogP contribution is 2.38.